The quantitative estimate of drug-likeness (QED) is 0.607. The summed E-state index contributed by atoms with van der Waals surface area (Å²) >= 11 is 0. The molecule has 0 spiro atoms. The van der Waals surface area contributed by atoms with E-state index in [9.17, 15) is 4.79 Å². The molecule has 4 heteroatoms. The largest absolute Gasteiger partial charge is 0.361 e. The second kappa shape index (κ2) is 4.35. The Kier molecular flexibility index (Phi) is 3.14. The lowest BCUT2D eigenvalue weighted by Gasteiger charge is -2.02. The van der Waals surface area contributed by atoms with Gasteiger partial charge in [0.05, 0.1) is 5.69 Å². The van der Waals surface area contributed by atoms with Gasteiger partial charge in [-0.25, -0.2) is 4.79 Å². The number of hydrogen-bond acceptors (Lipinski definition) is 2. The van der Waals surface area contributed by atoms with Crippen molar-refractivity contribution in [2.24, 2.45) is 10.2 Å². The first kappa shape index (κ1) is 9.38. The Hall–Kier alpha value is -1.71. The van der Waals surface area contributed by atoms with Crippen molar-refractivity contribution in [3.8, 4) is 0 Å². The Balaban J connectivity index is 2.64. The fourth-order valence-electron chi connectivity index (χ4n) is 0.685. The van der Waals surface area contributed by atoms with Crippen LogP contribution in [0.4, 0.5) is 10.5 Å². The van der Waals surface area contributed by atoms with E-state index in [1.165, 1.54) is 4.90 Å². The summed E-state index contributed by atoms with van der Waals surface area (Å²) in [5, 5.41) is 7.27. The number of urea groups is 1. The van der Waals surface area contributed by atoms with Gasteiger partial charge in [0.1, 0.15) is 0 Å². The highest BCUT2D eigenvalue weighted by molar-refractivity contribution is 5.74. The zero-order valence-corrected chi connectivity index (χ0v) is 7.64. The molecule has 1 aromatic rings. The number of amides is 2. The van der Waals surface area contributed by atoms with Crippen LogP contribution < -0.4 is 0 Å². The Bertz CT molecular complexity index is 306. The summed E-state index contributed by atoms with van der Waals surface area (Å²) in [7, 11) is 3.26. The highest BCUT2D eigenvalue weighted by Gasteiger charge is 1.98. The number of nitrogens with zero attached hydrogens (tertiary/aromatic N) is 3. The van der Waals surface area contributed by atoms with Crippen LogP contribution in [0.3, 0.4) is 0 Å². The monoisotopic (exact) mass is 177 g/mol. The van der Waals surface area contributed by atoms with Crippen molar-refractivity contribution in [2.45, 2.75) is 0 Å². The van der Waals surface area contributed by atoms with E-state index in [-0.39, 0.29) is 6.03 Å². The molecular formula is C9H11N3O. The number of hydrogen-bond donors (Lipinski definition) is 0. The summed E-state index contributed by atoms with van der Waals surface area (Å²) in [6.07, 6.45) is 0. The Labute approximate surface area is 76.9 Å². The van der Waals surface area contributed by atoms with Crippen LogP contribution in [0.1, 0.15) is 0 Å². The van der Waals surface area contributed by atoms with E-state index >= 15 is 0 Å². The van der Waals surface area contributed by atoms with Crippen LogP contribution >= 0.6 is 0 Å². The standard InChI is InChI=1S/C9H11N3O/c1-12(2)9(13)11-10-8-6-4-3-5-7-8/h3-7H,1-2H3. The van der Waals surface area contributed by atoms with Gasteiger partial charge >= 0.3 is 6.03 Å². The molecule has 1 rings (SSSR count). The topological polar surface area (TPSA) is 45.0 Å². The van der Waals surface area contributed by atoms with E-state index < -0.39 is 0 Å². The van der Waals surface area contributed by atoms with Gasteiger partial charge in [-0.3, -0.25) is 0 Å². The van der Waals surface area contributed by atoms with Crippen molar-refractivity contribution < 1.29 is 4.79 Å². The van der Waals surface area contributed by atoms with E-state index in [1.54, 1.807) is 26.2 Å². The smallest absolute Gasteiger partial charge is 0.328 e. The van der Waals surface area contributed by atoms with Crippen LogP contribution in [-0.2, 0) is 0 Å². The second-order valence-electron chi connectivity index (χ2n) is 2.71. The van der Waals surface area contributed by atoms with Crippen molar-refractivity contribution >= 4 is 11.7 Å². The Morgan fingerprint density at radius 3 is 2.38 bits per heavy atom. The maximum atomic E-state index is 11.0. The summed E-state index contributed by atoms with van der Waals surface area (Å²) in [5.41, 5.74) is 0.678. The highest BCUT2D eigenvalue weighted by Crippen LogP contribution is 2.10. The van der Waals surface area contributed by atoms with Crippen LogP contribution in [-0.4, -0.2) is 25.0 Å². The maximum Gasteiger partial charge on any atom is 0.361 e. The molecule has 68 valence electrons. The fraction of sp³-hybridized carbons (Fsp3) is 0.222. The third-order valence-corrected chi connectivity index (χ3v) is 1.39. The molecule has 0 atom stereocenters. The molecule has 0 aromatic heterocycles. The minimum atomic E-state index is -0.358. The summed E-state index contributed by atoms with van der Waals surface area (Å²) in [6, 6.07) is 8.78. The maximum absolute atomic E-state index is 11.0. The van der Waals surface area contributed by atoms with E-state index in [4.69, 9.17) is 0 Å². The third-order valence-electron chi connectivity index (χ3n) is 1.39. The van der Waals surface area contributed by atoms with Crippen molar-refractivity contribution in [1.29, 1.82) is 0 Å². The van der Waals surface area contributed by atoms with Crippen LogP contribution in [0.25, 0.3) is 0 Å². The lowest BCUT2D eigenvalue weighted by atomic mass is 10.3. The summed E-state index contributed by atoms with van der Waals surface area (Å²) < 4.78 is 0. The van der Waals surface area contributed by atoms with E-state index in [2.05, 4.69) is 10.2 Å². The molecule has 0 aliphatic carbocycles. The van der Waals surface area contributed by atoms with E-state index in [0.29, 0.717) is 5.69 Å². The van der Waals surface area contributed by atoms with Crippen molar-refractivity contribution in [3.05, 3.63) is 30.3 Å². The molecule has 0 saturated carbocycles. The van der Waals surface area contributed by atoms with E-state index in [0.717, 1.165) is 0 Å². The molecular weight excluding hydrogens is 166 g/mol. The lowest BCUT2D eigenvalue weighted by Crippen LogP contribution is -2.16. The van der Waals surface area contributed by atoms with Crippen LogP contribution in [0.15, 0.2) is 40.6 Å². The number of carbonyl (C=O) groups is 1. The Morgan fingerprint density at radius 2 is 1.85 bits per heavy atom. The number of carbonyl (C=O) groups excluding carboxylic acids is 1. The minimum absolute atomic E-state index is 0.358. The number of rotatable bonds is 1. The van der Waals surface area contributed by atoms with Crippen LogP contribution in [0, 0.1) is 0 Å². The van der Waals surface area contributed by atoms with Crippen molar-refractivity contribution in [1.82, 2.24) is 4.90 Å². The molecule has 0 N–H and O–H groups in total. The predicted molar refractivity (Wildman–Crippen MR) is 50.0 cm³/mol. The van der Waals surface area contributed by atoms with Crippen molar-refractivity contribution in [3.63, 3.8) is 0 Å². The molecule has 0 aliphatic heterocycles. The molecule has 1 aromatic carbocycles. The molecule has 0 saturated heterocycles. The predicted octanol–water partition coefficient (Wildman–Crippen LogP) is 2.45. The first-order valence-electron chi connectivity index (χ1n) is 3.88. The Morgan fingerprint density at radius 1 is 1.23 bits per heavy atom. The first-order chi connectivity index (χ1) is 6.20. The van der Waals surface area contributed by atoms with Gasteiger partial charge in [0, 0.05) is 14.1 Å². The van der Waals surface area contributed by atoms with Crippen LogP contribution in [0.5, 0.6) is 0 Å². The molecule has 0 fully saturated rings. The van der Waals surface area contributed by atoms with Gasteiger partial charge < -0.3 is 4.90 Å². The van der Waals surface area contributed by atoms with E-state index in [1.807, 2.05) is 18.2 Å². The third kappa shape index (κ3) is 3.02. The average molecular weight is 177 g/mol. The van der Waals surface area contributed by atoms with Gasteiger partial charge in [-0.05, 0) is 12.1 Å². The van der Waals surface area contributed by atoms with Gasteiger partial charge in [0.15, 0.2) is 0 Å². The minimum Gasteiger partial charge on any atom is -0.328 e. The molecule has 0 aliphatic rings. The zero-order valence-electron chi connectivity index (χ0n) is 7.64. The molecule has 2 amide bonds. The molecule has 4 nitrogen and oxygen atoms in total. The van der Waals surface area contributed by atoms with Gasteiger partial charge in [-0.15, -0.1) is 5.11 Å². The van der Waals surface area contributed by atoms with Gasteiger partial charge in [0.25, 0.3) is 0 Å². The molecule has 0 unspecified atom stereocenters. The summed E-state index contributed by atoms with van der Waals surface area (Å²) in [6.45, 7) is 0. The molecule has 13 heavy (non-hydrogen) atoms. The second-order valence-corrected chi connectivity index (χ2v) is 2.71. The van der Waals surface area contributed by atoms with Gasteiger partial charge in [-0.1, -0.05) is 23.3 Å². The first-order valence-corrected chi connectivity index (χ1v) is 3.88. The summed E-state index contributed by atoms with van der Waals surface area (Å²) in [5.74, 6) is 0. The van der Waals surface area contributed by atoms with Crippen molar-refractivity contribution in [2.75, 3.05) is 14.1 Å². The fourth-order valence-corrected chi connectivity index (χ4v) is 0.685. The number of azo groups is 1. The highest BCUT2D eigenvalue weighted by atomic mass is 16.2. The summed E-state index contributed by atoms with van der Waals surface area (Å²) in [4.78, 5) is 12.3. The average Bonchev–Trinajstić information content (AvgIpc) is 2.15. The SMILES string of the molecule is CN(C)C(=O)N=Nc1ccccc1. The van der Waals surface area contributed by atoms with Crippen LogP contribution in [0.2, 0.25) is 0 Å². The molecule has 0 bridgehead atoms. The lowest BCUT2D eigenvalue weighted by molar-refractivity contribution is 0.225. The number of benzene rings is 1. The molecule has 0 radical (unpaired) electrons. The van der Waals surface area contributed by atoms with Gasteiger partial charge in [0.2, 0.25) is 0 Å². The normalized spacial score (nSPS) is 10.3. The van der Waals surface area contributed by atoms with Gasteiger partial charge in [-0.2, -0.15) is 0 Å². The zero-order chi connectivity index (χ0) is 9.68. The molecule has 0 heterocycles.